The molecule has 5 aromatic rings. The van der Waals surface area contributed by atoms with E-state index in [1.807, 2.05) is 42.5 Å². The Labute approximate surface area is 154 Å². The van der Waals surface area contributed by atoms with Gasteiger partial charge in [-0.05, 0) is 47.2 Å². The summed E-state index contributed by atoms with van der Waals surface area (Å²) in [6.45, 7) is 14.9. The molecule has 0 bridgehead atoms. The van der Waals surface area contributed by atoms with Gasteiger partial charge >= 0.3 is 0 Å². The topological polar surface area (TPSA) is 35.2 Å². The van der Waals surface area contributed by atoms with Gasteiger partial charge in [0.15, 0.2) is 11.4 Å². The number of nitrogens with zero attached hydrogens (tertiary/aromatic N) is 4. The highest BCUT2D eigenvalue weighted by Gasteiger charge is 2.16. The molecular weight excluding hydrogens is 336 g/mol. The quantitative estimate of drug-likeness (QED) is 0.279. The maximum atomic E-state index is 7.45. The van der Waals surface area contributed by atoms with Crippen molar-refractivity contribution in [2.75, 3.05) is 7.11 Å². The molecule has 5 rings (SSSR count). The number of benzene rings is 3. The summed E-state index contributed by atoms with van der Waals surface area (Å²) in [7, 11) is 1.64. The molecule has 126 valence electrons. The van der Waals surface area contributed by atoms with Crippen LogP contribution in [0.25, 0.3) is 48.0 Å². The number of methoxy groups -OCH3 is 1. The standard InChI is InChI=1S/C22H12N4O/c1-23-18-11-15-14-9-8-13(27-3)10-16(14)22-25-17-6-4-5-7-20(17)26(22)21(15)12-19(18)24-2/h4-12H,3H3. The summed E-state index contributed by atoms with van der Waals surface area (Å²) in [6, 6.07) is 17.4. The Hall–Kier alpha value is -4.09. The van der Waals surface area contributed by atoms with E-state index in [0.29, 0.717) is 11.4 Å². The molecule has 0 atom stereocenters. The van der Waals surface area contributed by atoms with Gasteiger partial charge in [-0.1, -0.05) is 18.2 Å². The van der Waals surface area contributed by atoms with Gasteiger partial charge in [-0.3, -0.25) is 14.1 Å². The van der Waals surface area contributed by atoms with Crippen molar-refractivity contribution in [3.8, 4) is 5.75 Å². The van der Waals surface area contributed by atoms with Crippen molar-refractivity contribution < 1.29 is 4.74 Å². The minimum absolute atomic E-state index is 0.351. The number of pyridine rings is 1. The lowest BCUT2D eigenvalue weighted by molar-refractivity contribution is 0.415. The molecular formula is C22H12N4O. The molecule has 2 aromatic heterocycles. The van der Waals surface area contributed by atoms with E-state index in [0.717, 1.165) is 44.1 Å². The van der Waals surface area contributed by atoms with Crippen molar-refractivity contribution in [2.24, 2.45) is 0 Å². The average molecular weight is 348 g/mol. The van der Waals surface area contributed by atoms with Gasteiger partial charge in [-0.2, -0.15) is 0 Å². The molecule has 0 aliphatic carbocycles. The number of imidazole rings is 1. The van der Waals surface area contributed by atoms with E-state index in [9.17, 15) is 0 Å². The van der Waals surface area contributed by atoms with E-state index in [-0.39, 0.29) is 0 Å². The van der Waals surface area contributed by atoms with Gasteiger partial charge in [-0.15, -0.1) is 0 Å². The molecule has 0 unspecified atom stereocenters. The predicted octanol–water partition coefficient (Wildman–Crippen LogP) is 5.90. The third-order valence-corrected chi connectivity index (χ3v) is 4.89. The molecule has 5 nitrogen and oxygen atoms in total. The van der Waals surface area contributed by atoms with Gasteiger partial charge in [0.05, 0.1) is 31.3 Å². The second kappa shape index (κ2) is 5.45. The molecule has 0 aliphatic rings. The van der Waals surface area contributed by atoms with Gasteiger partial charge in [0, 0.05) is 10.9 Å². The molecule has 5 heteroatoms. The lowest BCUT2D eigenvalue weighted by atomic mass is 10.0. The third-order valence-electron chi connectivity index (χ3n) is 4.89. The zero-order valence-electron chi connectivity index (χ0n) is 14.4. The first-order valence-electron chi connectivity index (χ1n) is 8.34. The van der Waals surface area contributed by atoms with Crippen LogP contribution in [0.15, 0.2) is 54.6 Å². The van der Waals surface area contributed by atoms with E-state index in [1.54, 1.807) is 19.2 Å². The van der Waals surface area contributed by atoms with Crippen molar-refractivity contribution in [1.82, 2.24) is 9.38 Å². The summed E-state index contributed by atoms with van der Waals surface area (Å²) >= 11 is 0. The Morgan fingerprint density at radius 2 is 1.63 bits per heavy atom. The lowest BCUT2D eigenvalue weighted by Crippen LogP contribution is -1.92. The molecule has 2 heterocycles. The van der Waals surface area contributed by atoms with Gasteiger partial charge in [0.25, 0.3) is 0 Å². The van der Waals surface area contributed by atoms with Gasteiger partial charge in [-0.25, -0.2) is 4.98 Å². The zero-order valence-corrected chi connectivity index (χ0v) is 14.4. The van der Waals surface area contributed by atoms with Crippen LogP contribution in [0, 0.1) is 13.1 Å². The van der Waals surface area contributed by atoms with E-state index >= 15 is 0 Å². The highest BCUT2D eigenvalue weighted by atomic mass is 16.5. The first-order chi connectivity index (χ1) is 13.2. The van der Waals surface area contributed by atoms with Crippen LogP contribution in [0.2, 0.25) is 0 Å². The molecule has 0 fully saturated rings. The molecule has 0 radical (unpaired) electrons. The van der Waals surface area contributed by atoms with Crippen LogP contribution in [-0.2, 0) is 0 Å². The van der Waals surface area contributed by atoms with Crippen molar-refractivity contribution >= 4 is 49.7 Å². The fourth-order valence-electron chi connectivity index (χ4n) is 3.67. The molecule has 0 saturated carbocycles. The van der Waals surface area contributed by atoms with Crippen LogP contribution in [0.5, 0.6) is 5.75 Å². The lowest BCUT2D eigenvalue weighted by Gasteiger charge is -2.11. The van der Waals surface area contributed by atoms with Crippen LogP contribution >= 0.6 is 0 Å². The smallest absolute Gasteiger partial charge is 0.196 e. The van der Waals surface area contributed by atoms with Crippen LogP contribution in [0.4, 0.5) is 11.4 Å². The SMILES string of the molecule is [C-]#[N+]c1cc2c3ccc(OC)cc3c3nc4ccccc4n3c2cc1[N+]#[C-]. The van der Waals surface area contributed by atoms with Crippen molar-refractivity contribution in [3.05, 3.63) is 77.4 Å². The minimum atomic E-state index is 0.351. The number of para-hydroxylation sites is 2. The van der Waals surface area contributed by atoms with Crippen LogP contribution < -0.4 is 4.74 Å². The fourth-order valence-corrected chi connectivity index (χ4v) is 3.67. The van der Waals surface area contributed by atoms with Crippen molar-refractivity contribution in [3.63, 3.8) is 0 Å². The maximum Gasteiger partial charge on any atom is 0.196 e. The number of rotatable bonds is 1. The second-order valence-corrected chi connectivity index (χ2v) is 6.25. The second-order valence-electron chi connectivity index (χ2n) is 6.25. The highest BCUT2D eigenvalue weighted by Crippen LogP contribution is 2.39. The zero-order chi connectivity index (χ0) is 18.5. The van der Waals surface area contributed by atoms with Gasteiger partial charge in [0.2, 0.25) is 0 Å². The van der Waals surface area contributed by atoms with Crippen LogP contribution in [0.1, 0.15) is 0 Å². The summed E-state index contributed by atoms with van der Waals surface area (Å²) in [6.07, 6.45) is 0. The molecule has 0 aliphatic heterocycles. The Morgan fingerprint density at radius 1 is 0.852 bits per heavy atom. The summed E-state index contributed by atoms with van der Waals surface area (Å²) in [5, 5.41) is 2.85. The summed E-state index contributed by atoms with van der Waals surface area (Å²) in [4.78, 5) is 11.9. The van der Waals surface area contributed by atoms with Crippen molar-refractivity contribution in [1.29, 1.82) is 0 Å². The normalized spacial score (nSPS) is 11.1. The fraction of sp³-hybridized carbons (Fsp3) is 0.0455. The van der Waals surface area contributed by atoms with Crippen LogP contribution in [-0.4, -0.2) is 16.5 Å². The molecule has 0 spiro atoms. The van der Waals surface area contributed by atoms with E-state index in [2.05, 4.69) is 14.1 Å². The monoisotopic (exact) mass is 348 g/mol. The summed E-state index contributed by atoms with van der Waals surface area (Å²) < 4.78 is 7.48. The first kappa shape index (κ1) is 15.2. The Kier molecular flexibility index (Phi) is 3.07. The molecule has 3 aromatic carbocycles. The molecule has 27 heavy (non-hydrogen) atoms. The number of fused-ring (bicyclic) bond motifs is 8. The number of ether oxygens (including phenoxy) is 1. The maximum absolute atomic E-state index is 7.45. The van der Waals surface area contributed by atoms with E-state index < -0.39 is 0 Å². The number of aromatic nitrogens is 2. The van der Waals surface area contributed by atoms with Crippen molar-refractivity contribution in [2.45, 2.75) is 0 Å². The van der Waals surface area contributed by atoms with E-state index in [4.69, 9.17) is 22.9 Å². The van der Waals surface area contributed by atoms with Gasteiger partial charge < -0.3 is 4.74 Å². The average Bonchev–Trinajstić information content (AvgIpc) is 3.12. The number of hydrogen-bond donors (Lipinski definition) is 0. The largest absolute Gasteiger partial charge is 0.497 e. The summed E-state index contributed by atoms with van der Waals surface area (Å²) in [5.41, 5.74) is 4.24. The van der Waals surface area contributed by atoms with Crippen LogP contribution in [0.3, 0.4) is 0 Å². The predicted molar refractivity (Wildman–Crippen MR) is 107 cm³/mol. The molecule has 0 N–H and O–H groups in total. The van der Waals surface area contributed by atoms with Gasteiger partial charge in [0.1, 0.15) is 11.4 Å². The first-order valence-corrected chi connectivity index (χ1v) is 8.34. The minimum Gasteiger partial charge on any atom is -0.497 e. The summed E-state index contributed by atoms with van der Waals surface area (Å²) in [5.74, 6) is 0.749. The third kappa shape index (κ3) is 2.00. The highest BCUT2D eigenvalue weighted by molar-refractivity contribution is 6.15. The Bertz CT molecular complexity index is 1480. The number of hydrogen-bond acceptors (Lipinski definition) is 2. The Morgan fingerprint density at radius 3 is 2.41 bits per heavy atom. The van der Waals surface area contributed by atoms with E-state index in [1.165, 1.54) is 0 Å². The molecule has 0 saturated heterocycles. The molecule has 0 amide bonds. The Balaban J connectivity index is 2.15.